The number of benzene rings is 1. The fraction of sp³-hybridized carbons (Fsp3) is 0.438. The number of halogens is 2. The molecule has 0 aliphatic carbocycles. The van der Waals surface area contributed by atoms with Crippen LogP contribution in [-0.4, -0.2) is 16.3 Å². The summed E-state index contributed by atoms with van der Waals surface area (Å²) in [7, 11) is 0. The molecule has 0 fully saturated rings. The van der Waals surface area contributed by atoms with Crippen molar-refractivity contribution in [3.8, 4) is 0 Å². The van der Waals surface area contributed by atoms with Gasteiger partial charge in [0.2, 0.25) is 0 Å². The van der Waals surface area contributed by atoms with E-state index in [1.54, 1.807) is 0 Å². The van der Waals surface area contributed by atoms with Crippen LogP contribution in [0.5, 0.6) is 0 Å². The maximum atomic E-state index is 6.24. The van der Waals surface area contributed by atoms with Gasteiger partial charge in [-0.15, -0.1) is 0 Å². The van der Waals surface area contributed by atoms with Crippen LogP contribution in [0.4, 0.5) is 0 Å². The lowest BCUT2D eigenvalue weighted by molar-refractivity contribution is 0.588. The standard InChI is InChI=1S/C16H21BrClN3/c1-3-7-19-16(12-5-6-14(17)15(18)9-12)13-10-20-21(11-13)8-4-2/h5-6,9-11,16,19H,3-4,7-8H2,1-2H3. The van der Waals surface area contributed by atoms with Crippen molar-refractivity contribution in [3.05, 3.63) is 51.2 Å². The third kappa shape index (κ3) is 4.31. The van der Waals surface area contributed by atoms with Crippen LogP contribution < -0.4 is 5.32 Å². The van der Waals surface area contributed by atoms with Crippen molar-refractivity contribution in [2.45, 2.75) is 39.3 Å². The quantitative estimate of drug-likeness (QED) is 0.759. The first-order chi connectivity index (χ1) is 10.2. The van der Waals surface area contributed by atoms with E-state index in [0.29, 0.717) is 0 Å². The van der Waals surface area contributed by atoms with Gasteiger partial charge in [-0.1, -0.05) is 31.5 Å². The molecule has 0 spiro atoms. The summed E-state index contributed by atoms with van der Waals surface area (Å²) in [6, 6.07) is 6.23. The second-order valence-electron chi connectivity index (χ2n) is 5.10. The molecule has 1 heterocycles. The molecular weight excluding hydrogens is 350 g/mol. The molecule has 5 heteroatoms. The van der Waals surface area contributed by atoms with Crippen molar-refractivity contribution in [1.82, 2.24) is 15.1 Å². The number of rotatable bonds is 7. The molecule has 0 radical (unpaired) electrons. The van der Waals surface area contributed by atoms with Gasteiger partial charge in [-0.25, -0.2) is 0 Å². The minimum absolute atomic E-state index is 0.126. The molecule has 0 saturated carbocycles. The van der Waals surface area contributed by atoms with Crippen molar-refractivity contribution >= 4 is 27.5 Å². The van der Waals surface area contributed by atoms with Crippen LogP contribution in [0.1, 0.15) is 43.9 Å². The van der Waals surface area contributed by atoms with Crippen molar-refractivity contribution in [1.29, 1.82) is 0 Å². The molecule has 21 heavy (non-hydrogen) atoms. The Morgan fingerprint density at radius 3 is 2.76 bits per heavy atom. The molecule has 2 aromatic rings. The van der Waals surface area contributed by atoms with E-state index in [-0.39, 0.29) is 6.04 Å². The van der Waals surface area contributed by atoms with E-state index in [9.17, 15) is 0 Å². The highest BCUT2D eigenvalue weighted by molar-refractivity contribution is 9.10. The molecule has 0 amide bonds. The zero-order valence-corrected chi connectivity index (χ0v) is 14.8. The summed E-state index contributed by atoms with van der Waals surface area (Å²) >= 11 is 9.68. The summed E-state index contributed by atoms with van der Waals surface area (Å²) in [5, 5.41) is 8.74. The van der Waals surface area contributed by atoms with Crippen LogP contribution in [0.3, 0.4) is 0 Å². The molecular formula is C16H21BrClN3. The summed E-state index contributed by atoms with van der Waals surface area (Å²) < 4.78 is 2.92. The van der Waals surface area contributed by atoms with E-state index in [1.807, 2.05) is 23.0 Å². The third-order valence-corrected chi connectivity index (χ3v) is 4.55. The largest absolute Gasteiger partial charge is 0.306 e. The zero-order chi connectivity index (χ0) is 15.2. The van der Waals surface area contributed by atoms with E-state index >= 15 is 0 Å². The molecule has 1 aromatic carbocycles. The molecule has 114 valence electrons. The van der Waals surface area contributed by atoms with Crippen molar-refractivity contribution < 1.29 is 0 Å². The smallest absolute Gasteiger partial charge is 0.0608 e. The van der Waals surface area contributed by atoms with Gasteiger partial charge < -0.3 is 5.32 Å². The van der Waals surface area contributed by atoms with Crippen LogP contribution in [0.2, 0.25) is 5.02 Å². The Balaban J connectivity index is 2.29. The highest BCUT2D eigenvalue weighted by Crippen LogP contribution is 2.29. The van der Waals surface area contributed by atoms with Crippen LogP contribution in [0.25, 0.3) is 0 Å². The Kier molecular flexibility index (Phi) is 6.27. The normalized spacial score (nSPS) is 12.6. The maximum absolute atomic E-state index is 6.24. The van der Waals surface area contributed by atoms with Crippen LogP contribution in [0.15, 0.2) is 35.1 Å². The second kappa shape index (κ2) is 7.97. The number of aromatic nitrogens is 2. The highest BCUT2D eigenvalue weighted by Gasteiger charge is 2.16. The minimum Gasteiger partial charge on any atom is -0.306 e. The fourth-order valence-corrected chi connectivity index (χ4v) is 2.72. The summed E-state index contributed by atoms with van der Waals surface area (Å²) in [4.78, 5) is 0. The summed E-state index contributed by atoms with van der Waals surface area (Å²) in [6.07, 6.45) is 6.23. The van der Waals surface area contributed by atoms with Gasteiger partial charge in [-0.2, -0.15) is 5.10 Å². The highest BCUT2D eigenvalue weighted by atomic mass is 79.9. The first kappa shape index (κ1) is 16.5. The van der Waals surface area contributed by atoms with Crippen LogP contribution in [0, 0.1) is 0 Å². The Labute approximate surface area is 139 Å². The summed E-state index contributed by atoms with van der Waals surface area (Å²) in [5.74, 6) is 0. The van der Waals surface area contributed by atoms with Gasteiger partial charge in [0, 0.05) is 22.8 Å². The average Bonchev–Trinajstić information content (AvgIpc) is 2.92. The molecule has 1 atom stereocenters. The Bertz CT molecular complexity index is 583. The molecule has 1 N–H and O–H groups in total. The Morgan fingerprint density at radius 1 is 1.29 bits per heavy atom. The topological polar surface area (TPSA) is 29.9 Å². The van der Waals surface area contributed by atoms with E-state index in [0.717, 1.165) is 41.0 Å². The monoisotopic (exact) mass is 369 g/mol. The van der Waals surface area contributed by atoms with Crippen LogP contribution >= 0.6 is 27.5 Å². The van der Waals surface area contributed by atoms with Crippen molar-refractivity contribution in [2.75, 3.05) is 6.54 Å². The van der Waals surface area contributed by atoms with Gasteiger partial charge in [-0.05, 0) is 53.0 Å². The van der Waals surface area contributed by atoms with E-state index in [1.165, 1.54) is 5.56 Å². The predicted octanol–water partition coefficient (Wildman–Crippen LogP) is 4.80. The van der Waals surface area contributed by atoms with Crippen molar-refractivity contribution in [3.63, 3.8) is 0 Å². The molecule has 0 bridgehead atoms. The van der Waals surface area contributed by atoms with Crippen molar-refractivity contribution in [2.24, 2.45) is 0 Å². The van der Waals surface area contributed by atoms with Gasteiger partial charge in [0.1, 0.15) is 0 Å². The molecule has 1 unspecified atom stereocenters. The van der Waals surface area contributed by atoms with Gasteiger partial charge in [0.05, 0.1) is 17.3 Å². The SMILES string of the molecule is CCCNC(c1ccc(Br)c(Cl)c1)c1cnn(CCC)c1. The third-order valence-electron chi connectivity index (χ3n) is 3.31. The fourth-order valence-electron chi connectivity index (χ4n) is 2.29. The van der Waals surface area contributed by atoms with Gasteiger partial charge >= 0.3 is 0 Å². The molecule has 0 saturated heterocycles. The minimum atomic E-state index is 0.126. The van der Waals surface area contributed by atoms with Gasteiger partial charge in [0.25, 0.3) is 0 Å². The lowest BCUT2D eigenvalue weighted by Gasteiger charge is -2.18. The lowest BCUT2D eigenvalue weighted by Crippen LogP contribution is -2.22. The molecule has 1 aromatic heterocycles. The first-order valence-corrected chi connectivity index (χ1v) is 8.53. The van der Waals surface area contributed by atoms with E-state index < -0.39 is 0 Å². The molecule has 2 rings (SSSR count). The molecule has 0 aliphatic rings. The lowest BCUT2D eigenvalue weighted by atomic mass is 10.0. The number of nitrogens with one attached hydrogen (secondary N) is 1. The first-order valence-electron chi connectivity index (χ1n) is 7.36. The second-order valence-corrected chi connectivity index (χ2v) is 6.36. The number of hydrogen-bond acceptors (Lipinski definition) is 2. The number of nitrogens with zero attached hydrogens (tertiary/aromatic N) is 2. The Hall–Kier alpha value is -0.840. The Morgan fingerprint density at radius 2 is 2.10 bits per heavy atom. The average molecular weight is 371 g/mol. The maximum Gasteiger partial charge on any atom is 0.0608 e. The summed E-state index contributed by atoms with van der Waals surface area (Å²) in [5.41, 5.74) is 2.34. The van der Waals surface area contributed by atoms with Crippen LogP contribution in [-0.2, 0) is 6.54 Å². The zero-order valence-electron chi connectivity index (χ0n) is 12.4. The van der Waals surface area contributed by atoms with Gasteiger partial charge in [-0.3, -0.25) is 4.68 Å². The number of hydrogen-bond donors (Lipinski definition) is 1. The molecule has 3 nitrogen and oxygen atoms in total. The predicted molar refractivity (Wildman–Crippen MR) is 91.8 cm³/mol. The summed E-state index contributed by atoms with van der Waals surface area (Å²) in [6.45, 7) is 6.22. The van der Waals surface area contributed by atoms with E-state index in [4.69, 9.17) is 11.6 Å². The van der Waals surface area contributed by atoms with E-state index in [2.05, 4.69) is 52.5 Å². The molecule has 0 aliphatic heterocycles. The number of aryl methyl sites for hydroxylation is 1. The van der Waals surface area contributed by atoms with Gasteiger partial charge in [0.15, 0.2) is 0 Å².